The van der Waals surface area contributed by atoms with Crippen molar-refractivity contribution in [3.63, 3.8) is 0 Å². The molecule has 1 unspecified atom stereocenters. The maximum absolute atomic E-state index is 11.2. The van der Waals surface area contributed by atoms with E-state index in [1.807, 2.05) is 11.8 Å². The van der Waals surface area contributed by atoms with Gasteiger partial charge in [0.2, 0.25) is 11.8 Å². The lowest BCUT2D eigenvalue weighted by Gasteiger charge is -2.23. The molecular weight excluding hydrogens is 250 g/mol. The summed E-state index contributed by atoms with van der Waals surface area (Å²) in [6.45, 7) is 5.35. The molecule has 1 atom stereocenters. The van der Waals surface area contributed by atoms with Gasteiger partial charge in [-0.25, -0.2) is 4.98 Å². The van der Waals surface area contributed by atoms with Crippen LogP contribution in [-0.2, 0) is 4.74 Å². The van der Waals surface area contributed by atoms with Crippen molar-refractivity contribution in [2.24, 2.45) is 0 Å². The van der Waals surface area contributed by atoms with Gasteiger partial charge in [-0.3, -0.25) is 10.1 Å². The Morgan fingerprint density at radius 2 is 2.26 bits per heavy atom. The van der Waals surface area contributed by atoms with Gasteiger partial charge in [-0.2, -0.15) is 4.98 Å². The highest BCUT2D eigenvalue weighted by atomic mass is 16.6. The maximum atomic E-state index is 11.2. The lowest BCUT2D eigenvalue weighted by atomic mass is 10.3. The Morgan fingerprint density at radius 1 is 1.53 bits per heavy atom. The summed E-state index contributed by atoms with van der Waals surface area (Å²) in [5, 5.41) is 11.2. The summed E-state index contributed by atoms with van der Waals surface area (Å²) in [4.78, 5) is 20.5. The number of aromatic nitrogens is 2. The van der Waals surface area contributed by atoms with Crippen LogP contribution in [0.2, 0.25) is 0 Å². The van der Waals surface area contributed by atoms with Gasteiger partial charge in [-0.05, 0) is 20.3 Å². The van der Waals surface area contributed by atoms with Gasteiger partial charge in [0.1, 0.15) is 5.69 Å². The van der Waals surface area contributed by atoms with Crippen LogP contribution in [0.25, 0.3) is 0 Å². The van der Waals surface area contributed by atoms with E-state index in [4.69, 9.17) is 10.5 Å². The van der Waals surface area contributed by atoms with Crippen molar-refractivity contribution in [2.45, 2.75) is 26.4 Å². The summed E-state index contributed by atoms with van der Waals surface area (Å²) < 4.78 is 5.53. The van der Waals surface area contributed by atoms with Gasteiger partial charge in [0.15, 0.2) is 0 Å². The highest BCUT2D eigenvalue weighted by Gasteiger charge is 2.28. The third kappa shape index (κ3) is 2.90. The van der Waals surface area contributed by atoms with Gasteiger partial charge < -0.3 is 15.4 Å². The van der Waals surface area contributed by atoms with Crippen LogP contribution >= 0.6 is 0 Å². The summed E-state index contributed by atoms with van der Waals surface area (Å²) in [5.74, 6) is 0.336. The molecule has 0 radical (unpaired) electrons. The number of hydrogen-bond acceptors (Lipinski definition) is 7. The van der Waals surface area contributed by atoms with Crippen LogP contribution in [0, 0.1) is 17.0 Å². The molecule has 0 aromatic carbocycles. The van der Waals surface area contributed by atoms with E-state index in [0.29, 0.717) is 19.7 Å². The monoisotopic (exact) mass is 267 g/mol. The van der Waals surface area contributed by atoms with Crippen LogP contribution in [0.15, 0.2) is 0 Å². The van der Waals surface area contributed by atoms with Gasteiger partial charge in [-0.15, -0.1) is 0 Å². The number of nitrogens with zero attached hydrogens (tertiary/aromatic N) is 4. The minimum absolute atomic E-state index is 0.00130. The molecule has 2 heterocycles. The van der Waals surface area contributed by atoms with E-state index in [1.54, 1.807) is 6.92 Å². The Bertz CT molecular complexity index is 493. The molecule has 2 rings (SSSR count). The third-order valence-corrected chi connectivity index (χ3v) is 2.99. The van der Waals surface area contributed by atoms with Gasteiger partial charge in [0, 0.05) is 19.7 Å². The van der Waals surface area contributed by atoms with Gasteiger partial charge in [0.05, 0.1) is 11.0 Å². The molecule has 1 aliphatic heterocycles. The third-order valence-electron chi connectivity index (χ3n) is 2.99. The summed E-state index contributed by atoms with van der Waals surface area (Å²) in [5.41, 5.74) is 5.81. The highest BCUT2D eigenvalue weighted by Crippen LogP contribution is 2.30. The average molecular weight is 267 g/mol. The predicted molar refractivity (Wildman–Crippen MR) is 70.1 cm³/mol. The number of nitrogen functional groups attached to an aromatic ring is 1. The number of aryl methyl sites for hydroxylation is 1. The summed E-state index contributed by atoms with van der Waals surface area (Å²) in [7, 11) is 0. The molecule has 1 saturated heterocycles. The van der Waals surface area contributed by atoms with E-state index in [2.05, 4.69) is 9.97 Å². The zero-order valence-corrected chi connectivity index (χ0v) is 11.0. The van der Waals surface area contributed by atoms with E-state index in [0.717, 1.165) is 6.42 Å². The zero-order valence-electron chi connectivity index (χ0n) is 11.0. The normalized spacial score (nSPS) is 20.1. The molecule has 0 amide bonds. The first-order valence-corrected chi connectivity index (χ1v) is 6.14. The first kappa shape index (κ1) is 13.5. The number of rotatable bonds is 2. The molecule has 2 N–H and O–H groups in total. The van der Waals surface area contributed by atoms with E-state index in [-0.39, 0.29) is 29.3 Å². The molecule has 1 fully saturated rings. The van der Waals surface area contributed by atoms with Gasteiger partial charge in [0.25, 0.3) is 0 Å². The smallest absolute Gasteiger partial charge is 0.332 e. The fourth-order valence-corrected chi connectivity index (χ4v) is 2.19. The van der Waals surface area contributed by atoms with Crippen molar-refractivity contribution in [3.05, 3.63) is 15.8 Å². The van der Waals surface area contributed by atoms with Crippen LogP contribution in [0.3, 0.4) is 0 Å². The number of hydrogen-bond donors (Lipinski definition) is 1. The molecule has 8 nitrogen and oxygen atoms in total. The molecule has 19 heavy (non-hydrogen) atoms. The predicted octanol–water partition coefficient (Wildman–Crippen LogP) is 0.891. The quantitative estimate of drug-likeness (QED) is 0.626. The Balaban J connectivity index is 2.44. The summed E-state index contributed by atoms with van der Waals surface area (Å²) in [6, 6.07) is 0. The van der Waals surface area contributed by atoms with E-state index >= 15 is 0 Å². The Hall–Kier alpha value is -1.96. The minimum Gasteiger partial charge on any atom is -0.377 e. The van der Waals surface area contributed by atoms with E-state index in [1.165, 1.54) is 0 Å². The lowest BCUT2D eigenvalue weighted by molar-refractivity contribution is -0.385. The number of nitro groups is 1. The molecule has 1 aromatic heterocycles. The van der Waals surface area contributed by atoms with Crippen LogP contribution in [-0.4, -0.2) is 40.7 Å². The topological polar surface area (TPSA) is 107 Å². The van der Waals surface area contributed by atoms with Gasteiger partial charge >= 0.3 is 5.69 Å². The van der Waals surface area contributed by atoms with Crippen LogP contribution < -0.4 is 10.6 Å². The van der Waals surface area contributed by atoms with Crippen molar-refractivity contribution in [2.75, 3.05) is 30.3 Å². The first-order chi connectivity index (χ1) is 8.99. The Labute approximate surface area is 110 Å². The van der Waals surface area contributed by atoms with Crippen molar-refractivity contribution in [3.8, 4) is 0 Å². The largest absolute Gasteiger partial charge is 0.377 e. The van der Waals surface area contributed by atoms with Crippen molar-refractivity contribution < 1.29 is 9.66 Å². The van der Waals surface area contributed by atoms with Crippen LogP contribution in [0.1, 0.15) is 19.0 Å². The molecule has 0 spiro atoms. The lowest BCUT2D eigenvalue weighted by Crippen LogP contribution is -2.32. The molecule has 8 heteroatoms. The molecule has 0 bridgehead atoms. The SMILES string of the molecule is Cc1nc(N)nc(N2CCCOC(C)C2)c1[N+](=O)[O-]. The highest BCUT2D eigenvalue weighted by molar-refractivity contribution is 5.62. The van der Waals surface area contributed by atoms with Crippen LogP contribution in [0.4, 0.5) is 17.5 Å². The zero-order chi connectivity index (χ0) is 14.0. The standard InChI is InChI=1S/C11H17N5O3/c1-7-6-15(4-3-5-19-7)10-9(16(17)18)8(2)13-11(12)14-10/h7H,3-6H2,1-2H3,(H2,12,13,14). The van der Waals surface area contributed by atoms with E-state index < -0.39 is 4.92 Å². The minimum atomic E-state index is -0.458. The average Bonchev–Trinajstić information content (AvgIpc) is 2.52. The molecule has 1 aliphatic rings. The second-order valence-electron chi connectivity index (χ2n) is 4.58. The number of nitrogens with two attached hydrogens (primary N) is 1. The van der Waals surface area contributed by atoms with Gasteiger partial charge in [-0.1, -0.05) is 0 Å². The second-order valence-corrected chi connectivity index (χ2v) is 4.58. The molecule has 0 aliphatic carbocycles. The molecule has 1 aromatic rings. The maximum Gasteiger partial charge on any atom is 0.332 e. The fourth-order valence-electron chi connectivity index (χ4n) is 2.19. The summed E-state index contributed by atoms with van der Waals surface area (Å²) >= 11 is 0. The second kappa shape index (κ2) is 5.35. The fraction of sp³-hybridized carbons (Fsp3) is 0.636. The number of anilines is 2. The molecular formula is C11H17N5O3. The van der Waals surface area contributed by atoms with Crippen LogP contribution in [0.5, 0.6) is 0 Å². The van der Waals surface area contributed by atoms with Crippen molar-refractivity contribution in [1.29, 1.82) is 0 Å². The Morgan fingerprint density at radius 3 is 2.95 bits per heavy atom. The molecule has 0 saturated carbocycles. The van der Waals surface area contributed by atoms with E-state index in [9.17, 15) is 10.1 Å². The summed E-state index contributed by atoms with van der Waals surface area (Å²) in [6.07, 6.45) is 0.795. The van der Waals surface area contributed by atoms with Crippen molar-refractivity contribution >= 4 is 17.5 Å². The first-order valence-electron chi connectivity index (χ1n) is 6.14. The Kier molecular flexibility index (Phi) is 3.79. The molecule has 104 valence electrons. The van der Waals surface area contributed by atoms with Crippen molar-refractivity contribution in [1.82, 2.24) is 9.97 Å². The number of ether oxygens (including phenoxy) is 1.